The Labute approximate surface area is 134 Å². The summed E-state index contributed by atoms with van der Waals surface area (Å²) >= 11 is 0. The van der Waals surface area contributed by atoms with Crippen molar-refractivity contribution < 1.29 is 18.7 Å². The molecule has 1 amide bonds. The molecule has 1 atom stereocenters. The first-order valence-corrected chi connectivity index (χ1v) is 8.34. The summed E-state index contributed by atoms with van der Waals surface area (Å²) in [4.78, 5) is 18.1. The normalized spacial score (nSPS) is 26.0. The maximum atomic E-state index is 13.6. The summed E-state index contributed by atoms with van der Waals surface area (Å²) in [5.74, 6) is 0.264. The Balaban J connectivity index is 1.34. The predicted molar refractivity (Wildman–Crippen MR) is 80.4 cm³/mol. The second kappa shape index (κ2) is 5.74. The molecule has 3 heterocycles. The number of likely N-dealkylation sites (tertiary alicyclic amines) is 1. The number of amides is 1. The highest BCUT2D eigenvalue weighted by Crippen LogP contribution is 2.42. The van der Waals surface area contributed by atoms with Crippen molar-refractivity contribution in [1.29, 1.82) is 0 Å². The third-order valence-electron chi connectivity index (χ3n) is 5.43. The molecule has 5 nitrogen and oxygen atoms in total. The van der Waals surface area contributed by atoms with Gasteiger partial charge < -0.3 is 14.4 Å². The fourth-order valence-corrected chi connectivity index (χ4v) is 3.70. The van der Waals surface area contributed by atoms with Gasteiger partial charge in [-0.3, -0.25) is 4.79 Å². The Morgan fingerprint density at radius 1 is 1.43 bits per heavy atom. The van der Waals surface area contributed by atoms with Gasteiger partial charge in [0.25, 0.3) is 0 Å². The Bertz CT molecular complexity index is 599. The number of carbonyl (C=O) groups is 1. The average Bonchev–Trinajstić information content (AvgIpc) is 2.86. The average molecular weight is 320 g/mol. The summed E-state index contributed by atoms with van der Waals surface area (Å²) in [5, 5.41) is 0. The third-order valence-corrected chi connectivity index (χ3v) is 5.43. The lowest BCUT2D eigenvalue weighted by Gasteiger charge is -2.51. The van der Waals surface area contributed by atoms with Gasteiger partial charge in [0.05, 0.1) is 19.7 Å². The van der Waals surface area contributed by atoms with E-state index in [0.717, 1.165) is 25.7 Å². The minimum atomic E-state index is -0.448. The van der Waals surface area contributed by atoms with Crippen molar-refractivity contribution in [2.75, 3.05) is 26.3 Å². The molecule has 0 aromatic carbocycles. The Kier molecular flexibility index (Phi) is 3.71. The Hall–Kier alpha value is -1.69. The van der Waals surface area contributed by atoms with Gasteiger partial charge in [-0.25, -0.2) is 9.37 Å². The van der Waals surface area contributed by atoms with E-state index in [9.17, 15) is 9.18 Å². The van der Waals surface area contributed by atoms with Gasteiger partial charge in [0.1, 0.15) is 5.60 Å². The topological polar surface area (TPSA) is 51.7 Å². The van der Waals surface area contributed by atoms with E-state index in [1.807, 2.05) is 4.90 Å². The van der Waals surface area contributed by atoms with Crippen molar-refractivity contribution in [3.63, 3.8) is 0 Å². The minimum absolute atomic E-state index is 0.0382. The monoisotopic (exact) mass is 320 g/mol. The van der Waals surface area contributed by atoms with Crippen molar-refractivity contribution in [2.24, 2.45) is 11.8 Å². The molecule has 0 unspecified atom stereocenters. The van der Waals surface area contributed by atoms with Crippen LogP contribution in [0.5, 0.6) is 5.88 Å². The molecule has 3 aliphatic rings. The highest BCUT2D eigenvalue weighted by molar-refractivity contribution is 5.80. The van der Waals surface area contributed by atoms with Gasteiger partial charge in [0.15, 0.2) is 5.82 Å². The summed E-state index contributed by atoms with van der Waals surface area (Å²) < 4.78 is 25.1. The van der Waals surface area contributed by atoms with E-state index in [-0.39, 0.29) is 29.2 Å². The molecule has 1 aromatic heterocycles. The van der Waals surface area contributed by atoms with Crippen LogP contribution in [0.15, 0.2) is 18.3 Å². The van der Waals surface area contributed by atoms with E-state index in [4.69, 9.17) is 9.47 Å². The van der Waals surface area contributed by atoms with E-state index in [1.54, 1.807) is 0 Å². The molecule has 0 N–H and O–H groups in total. The molecule has 1 spiro atoms. The van der Waals surface area contributed by atoms with E-state index in [2.05, 4.69) is 4.98 Å². The molecule has 0 bridgehead atoms. The number of aromatic nitrogens is 1. The Morgan fingerprint density at radius 2 is 2.26 bits per heavy atom. The first kappa shape index (κ1) is 14.9. The van der Waals surface area contributed by atoms with Crippen LogP contribution in [0.4, 0.5) is 4.39 Å². The number of halogens is 1. The second-order valence-corrected chi connectivity index (χ2v) is 6.82. The minimum Gasteiger partial charge on any atom is -0.475 e. The van der Waals surface area contributed by atoms with Gasteiger partial charge >= 0.3 is 0 Å². The summed E-state index contributed by atoms with van der Waals surface area (Å²) in [5.41, 5.74) is -0.301. The fourth-order valence-electron chi connectivity index (χ4n) is 3.70. The number of hydrogen-bond donors (Lipinski definition) is 0. The molecule has 4 rings (SSSR count). The number of pyridine rings is 1. The zero-order valence-electron chi connectivity index (χ0n) is 13.0. The van der Waals surface area contributed by atoms with Crippen molar-refractivity contribution in [3.8, 4) is 5.88 Å². The number of rotatable bonds is 4. The molecule has 1 saturated carbocycles. The predicted octanol–water partition coefficient (Wildman–Crippen LogP) is 2.02. The summed E-state index contributed by atoms with van der Waals surface area (Å²) in [7, 11) is 0. The summed E-state index contributed by atoms with van der Waals surface area (Å²) in [6.45, 7) is 2.33. The SMILES string of the molecule is O=C(C1CCC1)N1CC2(C1)OCC[C@@H]2COc1ncccc1F. The lowest BCUT2D eigenvalue weighted by atomic mass is 9.78. The first-order valence-electron chi connectivity index (χ1n) is 8.34. The van der Waals surface area contributed by atoms with Crippen LogP contribution in [0.1, 0.15) is 25.7 Å². The van der Waals surface area contributed by atoms with Crippen molar-refractivity contribution >= 4 is 5.91 Å². The molecule has 3 fully saturated rings. The molecule has 1 aliphatic carbocycles. The third kappa shape index (κ3) is 2.59. The molecule has 2 aliphatic heterocycles. The molecule has 0 radical (unpaired) electrons. The lowest BCUT2D eigenvalue weighted by molar-refractivity contribution is -0.172. The zero-order chi connectivity index (χ0) is 15.9. The molecular formula is C17H21FN2O3. The molecule has 124 valence electrons. The van der Waals surface area contributed by atoms with Crippen LogP contribution in [0.3, 0.4) is 0 Å². The number of nitrogens with zero attached hydrogens (tertiary/aromatic N) is 2. The number of carbonyl (C=O) groups excluding carboxylic acids is 1. The number of hydrogen-bond acceptors (Lipinski definition) is 4. The number of ether oxygens (including phenoxy) is 2. The first-order chi connectivity index (χ1) is 11.2. The fraction of sp³-hybridized carbons (Fsp3) is 0.647. The van der Waals surface area contributed by atoms with Gasteiger partial charge in [-0.2, -0.15) is 0 Å². The highest BCUT2D eigenvalue weighted by atomic mass is 19.1. The Morgan fingerprint density at radius 3 is 2.96 bits per heavy atom. The van der Waals surface area contributed by atoms with Gasteiger partial charge in [-0.05, 0) is 31.4 Å². The van der Waals surface area contributed by atoms with Crippen LogP contribution in [0, 0.1) is 17.7 Å². The van der Waals surface area contributed by atoms with Crippen LogP contribution in [0.2, 0.25) is 0 Å². The van der Waals surface area contributed by atoms with E-state index >= 15 is 0 Å². The zero-order valence-corrected chi connectivity index (χ0v) is 13.0. The van der Waals surface area contributed by atoms with Crippen molar-refractivity contribution in [2.45, 2.75) is 31.3 Å². The molecule has 1 aromatic rings. The van der Waals surface area contributed by atoms with Gasteiger partial charge in [-0.15, -0.1) is 0 Å². The molecular weight excluding hydrogens is 299 g/mol. The molecule has 2 saturated heterocycles. The van der Waals surface area contributed by atoms with E-state index < -0.39 is 5.82 Å². The molecule has 6 heteroatoms. The van der Waals surface area contributed by atoms with Crippen LogP contribution >= 0.6 is 0 Å². The van der Waals surface area contributed by atoms with Gasteiger partial charge in [0, 0.05) is 24.6 Å². The van der Waals surface area contributed by atoms with Gasteiger partial charge in [0.2, 0.25) is 11.8 Å². The lowest BCUT2D eigenvalue weighted by Crippen LogP contribution is -2.67. The maximum Gasteiger partial charge on any atom is 0.250 e. The quantitative estimate of drug-likeness (QED) is 0.852. The van der Waals surface area contributed by atoms with E-state index in [1.165, 1.54) is 18.3 Å². The maximum absolute atomic E-state index is 13.6. The van der Waals surface area contributed by atoms with Crippen LogP contribution in [-0.2, 0) is 9.53 Å². The van der Waals surface area contributed by atoms with Crippen LogP contribution < -0.4 is 4.74 Å². The summed E-state index contributed by atoms with van der Waals surface area (Å²) in [6.07, 6.45) is 5.60. The standard InChI is InChI=1S/C17H21FN2O3/c18-14-5-2-7-19-15(14)22-9-13-6-8-23-17(13)10-20(11-17)16(21)12-3-1-4-12/h2,5,7,12-13H,1,3-4,6,8-11H2/t13-/m1/s1. The smallest absolute Gasteiger partial charge is 0.250 e. The summed E-state index contributed by atoms with van der Waals surface area (Å²) in [6, 6.07) is 2.88. The largest absolute Gasteiger partial charge is 0.475 e. The van der Waals surface area contributed by atoms with Crippen LogP contribution in [0.25, 0.3) is 0 Å². The second-order valence-electron chi connectivity index (χ2n) is 6.82. The van der Waals surface area contributed by atoms with E-state index in [0.29, 0.717) is 26.3 Å². The van der Waals surface area contributed by atoms with Crippen molar-refractivity contribution in [1.82, 2.24) is 9.88 Å². The van der Waals surface area contributed by atoms with Crippen molar-refractivity contribution in [3.05, 3.63) is 24.1 Å². The molecule has 23 heavy (non-hydrogen) atoms. The van der Waals surface area contributed by atoms with Gasteiger partial charge in [-0.1, -0.05) is 6.42 Å². The van der Waals surface area contributed by atoms with Crippen LogP contribution in [-0.4, -0.2) is 47.7 Å². The highest BCUT2D eigenvalue weighted by Gasteiger charge is 2.55.